The Morgan fingerprint density at radius 2 is 1.06 bits per heavy atom. The molecular weight excluding hydrogens is 402 g/mol. The predicted octanol–water partition coefficient (Wildman–Crippen LogP) is 6.01. The summed E-state index contributed by atoms with van der Waals surface area (Å²) in [6, 6.07) is 17.2. The summed E-state index contributed by atoms with van der Waals surface area (Å²) in [5.74, 6) is 0.917. The summed E-state index contributed by atoms with van der Waals surface area (Å²) in [5.41, 5.74) is 6.25. The van der Waals surface area contributed by atoms with Gasteiger partial charge in [0, 0.05) is 48.7 Å². The van der Waals surface area contributed by atoms with Crippen molar-refractivity contribution in [2.45, 2.75) is 39.8 Å². The summed E-state index contributed by atoms with van der Waals surface area (Å²) in [6.45, 7) is 14.8. The lowest BCUT2D eigenvalue weighted by molar-refractivity contribution is 0.849. The molecule has 0 bridgehead atoms. The van der Waals surface area contributed by atoms with Gasteiger partial charge in [-0.2, -0.15) is 0 Å². The molecule has 1 heterocycles. The molecule has 5 nitrogen and oxygen atoms in total. The van der Waals surface area contributed by atoms with Crippen LogP contribution in [0.4, 0.5) is 11.4 Å². The number of aromatic nitrogens is 3. The van der Waals surface area contributed by atoms with Crippen LogP contribution >= 0.6 is 11.8 Å². The van der Waals surface area contributed by atoms with Gasteiger partial charge in [-0.25, -0.2) is 4.98 Å². The van der Waals surface area contributed by atoms with Crippen molar-refractivity contribution in [3.63, 3.8) is 0 Å². The second-order valence-corrected chi connectivity index (χ2v) is 8.39. The summed E-state index contributed by atoms with van der Waals surface area (Å²) in [4.78, 5) is 9.55. The normalized spacial score (nSPS) is 10.9. The zero-order valence-electron chi connectivity index (χ0n) is 19.3. The standard InChI is InChI=1S/C25H33N5S/c1-6-29(7-2)21-15-11-19(12-16-21)23-24(27-28-25(26-23)31-10-5)20-13-17-22(18-14-20)30(8-3)9-4/h11-18H,6-10H2,1-5H3. The zero-order valence-corrected chi connectivity index (χ0v) is 20.1. The average Bonchev–Trinajstić information content (AvgIpc) is 2.82. The van der Waals surface area contributed by atoms with Gasteiger partial charge in [0.15, 0.2) is 0 Å². The molecule has 31 heavy (non-hydrogen) atoms. The Morgan fingerprint density at radius 3 is 1.48 bits per heavy atom. The zero-order chi connectivity index (χ0) is 22.2. The first-order valence-corrected chi connectivity index (χ1v) is 12.2. The molecule has 0 saturated heterocycles. The molecule has 0 fully saturated rings. The molecule has 0 aliphatic rings. The Balaban J connectivity index is 2.02. The van der Waals surface area contributed by atoms with Crippen molar-refractivity contribution < 1.29 is 0 Å². The van der Waals surface area contributed by atoms with Crippen LogP contribution in [0.1, 0.15) is 34.6 Å². The van der Waals surface area contributed by atoms with Gasteiger partial charge in [0.2, 0.25) is 5.16 Å². The fourth-order valence-corrected chi connectivity index (χ4v) is 4.25. The van der Waals surface area contributed by atoms with Crippen molar-refractivity contribution in [2.75, 3.05) is 41.7 Å². The number of hydrogen-bond donors (Lipinski definition) is 0. The molecular formula is C25H33N5S. The van der Waals surface area contributed by atoms with E-state index in [-0.39, 0.29) is 0 Å². The van der Waals surface area contributed by atoms with Crippen molar-refractivity contribution >= 4 is 23.1 Å². The maximum atomic E-state index is 4.88. The second kappa shape index (κ2) is 11.1. The largest absolute Gasteiger partial charge is 0.372 e. The summed E-state index contributed by atoms with van der Waals surface area (Å²) < 4.78 is 0. The van der Waals surface area contributed by atoms with Crippen molar-refractivity contribution in [3.05, 3.63) is 48.5 Å². The van der Waals surface area contributed by atoms with Crippen LogP contribution < -0.4 is 9.80 Å². The molecule has 0 amide bonds. The number of anilines is 2. The second-order valence-electron chi connectivity index (χ2n) is 7.16. The number of thioether (sulfide) groups is 1. The molecule has 0 aliphatic carbocycles. The maximum absolute atomic E-state index is 4.88. The lowest BCUT2D eigenvalue weighted by atomic mass is 10.0. The van der Waals surface area contributed by atoms with E-state index in [0.29, 0.717) is 5.16 Å². The Morgan fingerprint density at radius 1 is 0.613 bits per heavy atom. The molecule has 0 aliphatic heterocycles. The van der Waals surface area contributed by atoms with Crippen LogP contribution in [0, 0.1) is 0 Å². The molecule has 164 valence electrons. The van der Waals surface area contributed by atoms with Crippen molar-refractivity contribution in [1.82, 2.24) is 15.2 Å². The van der Waals surface area contributed by atoms with Gasteiger partial charge in [-0.3, -0.25) is 0 Å². The van der Waals surface area contributed by atoms with Gasteiger partial charge in [0.1, 0.15) is 11.4 Å². The molecule has 3 aromatic rings. The highest BCUT2D eigenvalue weighted by Gasteiger charge is 2.15. The highest BCUT2D eigenvalue weighted by molar-refractivity contribution is 7.99. The Labute approximate surface area is 190 Å². The number of benzene rings is 2. The molecule has 1 aromatic heterocycles. The minimum Gasteiger partial charge on any atom is -0.372 e. The molecule has 2 aromatic carbocycles. The first-order chi connectivity index (χ1) is 15.1. The van der Waals surface area contributed by atoms with E-state index in [2.05, 4.69) is 103 Å². The van der Waals surface area contributed by atoms with Crippen molar-refractivity contribution in [3.8, 4) is 22.5 Å². The Bertz CT molecular complexity index is 949. The van der Waals surface area contributed by atoms with E-state index in [9.17, 15) is 0 Å². The van der Waals surface area contributed by atoms with Crippen LogP contribution in [0.15, 0.2) is 53.7 Å². The predicted molar refractivity (Wildman–Crippen MR) is 134 cm³/mol. The summed E-state index contributed by atoms with van der Waals surface area (Å²) in [6.07, 6.45) is 0. The molecule has 0 saturated carbocycles. The van der Waals surface area contributed by atoms with Gasteiger partial charge in [0.25, 0.3) is 0 Å². The Hall–Kier alpha value is -2.60. The highest BCUT2D eigenvalue weighted by atomic mass is 32.2. The van der Waals surface area contributed by atoms with Crippen LogP contribution in [0.3, 0.4) is 0 Å². The number of nitrogens with zero attached hydrogens (tertiary/aromatic N) is 5. The van der Waals surface area contributed by atoms with Crippen LogP contribution in [0.2, 0.25) is 0 Å². The van der Waals surface area contributed by atoms with Gasteiger partial charge < -0.3 is 9.80 Å². The number of hydrogen-bond acceptors (Lipinski definition) is 6. The van der Waals surface area contributed by atoms with E-state index < -0.39 is 0 Å². The SMILES string of the molecule is CCSc1nnc(-c2ccc(N(CC)CC)cc2)c(-c2ccc(N(CC)CC)cc2)n1. The average molecular weight is 436 g/mol. The van der Waals surface area contributed by atoms with E-state index in [1.807, 2.05) is 0 Å². The molecule has 6 heteroatoms. The molecule has 0 atom stereocenters. The topological polar surface area (TPSA) is 45.2 Å². The lowest BCUT2D eigenvalue weighted by Crippen LogP contribution is -2.21. The van der Waals surface area contributed by atoms with Gasteiger partial charge in [0.05, 0.1) is 0 Å². The van der Waals surface area contributed by atoms with Crippen molar-refractivity contribution in [2.24, 2.45) is 0 Å². The van der Waals surface area contributed by atoms with Gasteiger partial charge in [-0.1, -0.05) is 43.0 Å². The minimum atomic E-state index is 0.717. The van der Waals surface area contributed by atoms with E-state index >= 15 is 0 Å². The monoisotopic (exact) mass is 435 g/mol. The summed E-state index contributed by atoms with van der Waals surface area (Å²) >= 11 is 1.62. The third-order valence-corrected chi connectivity index (χ3v) is 6.20. The van der Waals surface area contributed by atoms with E-state index in [4.69, 9.17) is 4.98 Å². The first-order valence-electron chi connectivity index (χ1n) is 11.2. The smallest absolute Gasteiger partial charge is 0.209 e. The van der Waals surface area contributed by atoms with Crippen molar-refractivity contribution in [1.29, 1.82) is 0 Å². The lowest BCUT2D eigenvalue weighted by Gasteiger charge is -2.21. The molecule has 0 radical (unpaired) electrons. The third kappa shape index (κ3) is 5.37. The van der Waals surface area contributed by atoms with E-state index in [1.54, 1.807) is 11.8 Å². The van der Waals surface area contributed by atoms with E-state index in [1.165, 1.54) is 11.4 Å². The van der Waals surface area contributed by atoms with E-state index in [0.717, 1.165) is 54.4 Å². The quantitative estimate of drug-likeness (QED) is 0.363. The summed E-state index contributed by atoms with van der Waals surface area (Å²) in [5, 5.41) is 9.68. The molecule has 0 N–H and O–H groups in total. The van der Waals surface area contributed by atoms with Gasteiger partial charge in [-0.15, -0.1) is 10.2 Å². The number of rotatable bonds is 10. The maximum Gasteiger partial charge on any atom is 0.209 e. The highest BCUT2D eigenvalue weighted by Crippen LogP contribution is 2.32. The van der Waals surface area contributed by atoms with Crippen LogP contribution in [-0.2, 0) is 0 Å². The van der Waals surface area contributed by atoms with Gasteiger partial charge >= 0.3 is 0 Å². The fraction of sp³-hybridized carbons (Fsp3) is 0.400. The first kappa shape index (κ1) is 23.1. The fourth-order valence-electron chi connectivity index (χ4n) is 3.73. The molecule has 0 unspecified atom stereocenters. The van der Waals surface area contributed by atoms with Crippen LogP contribution in [0.5, 0.6) is 0 Å². The summed E-state index contributed by atoms with van der Waals surface area (Å²) in [7, 11) is 0. The van der Waals surface area contributed by atoms with Gasteiger partial charge in [-0.05, 0) is 57.7 Å². The van der Waals surface area contributed by atoms with Crippen LogP contribution in [0.25, 0.3) is 22.5 Å². The van der Waals surface area contributed by atoms with Crippen LogP contribution in [-0.4, -0.2) is 47.1 Å². The molecule has 0 spiro atoms. The minimum absolute atomic E-state index is 0.717. The third-order valence-electron chi connectivity index (χ3n) is 5.48. The molecule has 3 rings (SSSR count). The Kier molecular flexibility index (Phi) is 8.29.